The van der Waals surface area contributed by atoms with Crippen molar-refractivity contribution < 1.29 is 4.79 Å². The van der Waals surface area contributed by atoms with Gasteiger partial charge in [-0.25, -0.2) is 0 Å². The molecule has 1 aromatic carbocycles. The van der Waals surface area contributed by atoms with Crippen LogP contribution in [0.3, 0.4) is 0 Å². The molecule has 2 fully saturated rings. The fourth-order valence-electron chi connectivity index (χ4n) is 5.71. The second kappa shape index (κ2) is 13.3. The molecule has 2 N–H and O–H groups in total. The summed E-state index contributed by atoms with van der Waals surface area (Å²) in [5, 5.41) is 0. The van der Waals surface area contributed by atoms with Crippen molar-refractivity contribution in [3.05, 3.63) is 41.5 Å². The van der Waals surface area contributed by atoms with E-state index in [0.717, 1.165) is 44.8 Å². The van der Waals surface area contributed by atoms with Crippen LogP contribution in [0.2, 0.25) is 0 Å². The maximum Gasteiger partial charge on any atom is 0.136 e. The van der Waals surface area contributed by atoms with E-state index in [0.29, 0.717) is 12.0 Å². The number of carbonyl (C=O) groups is 1. The van der Waals surface area contributed by atoms with Gasteiger partial charge in [0, 0.05) is 37.9 Å². The summed E-state index contributed by atoms with van der Waals surface area (Å²) in [5.41, 5.74) is 10.0. The molecule has 0 aromatic heterocycles. The first kappa shape index (κ1) is 26.0. The number of nitrogens with zero attached hydrogens (tertiary/aromatic N) is 2. The van der Waals surface area contributed by atoms with E-state index in [1.807, 2.05) is 0 Å². The standard InChI is InChI=1S/C29H47N3O/c1-23(2)15-18-32(29-16-17-31(21-29)20-24(3)19-27(30)22-33)28-13-11-26(12-14-28)10-9-25-7-5-4-6-8-25/h11-15,22,24-25,27,29H,4-10,16-21,30H2,1-3H3. The lowest BCUT2D eigenvalue weighted by molar-refractivity contribution is -0.109. The zero-order chi connectivity index (χ0) is 23.6. The third-order valence-corrected chi connectivity index (χ3v) is 7.64. The molecule has 1 aliphatic heterocycles. The molecule has 3 atom stereocenters. The van der Waals surface area contributed by atoms with Gasteiger partial charge in [0.2, 0.25) is 0 Å². The van der Waals surface area contributed by atoms with Crippen LogP contribution >= 0.6 is 0 Å². The van der Waals surface area contributed by atoms with Crippen molar-refractivity contribution in [3.8, 4) is 0 Å². The topological polar surface area (TPSA) is 49.6 Å². The number of rotatable bonds is 12. The number of aryl methyl sites for hydroxylation is 1. The first-order valence-electron chi connectivity index (χ1n) is 13.4. The van der Waals surface area contributed by atoms with Crippen LogP contribution in [0.1, 0.15) is 77.7 Å². The molecule has 0 radical (unpaired) electrons. The Morgan fingerprint density at radius 3 is 2.55 bits per heavy atom. The van der Waals surface area contributed by atoms with Crippen LogP contribution in [0.4, 0.5) is 5.69 Å². The number of aldehydes is 1. The molecule has 0 amide bonds. The van der Waals surface area contributed by atoms with Crippen molar-refractivity contribution in [1.82, 2.24) is 4.90 Å². The summed E-state index contributed by atoms with van der Waals surface area (Å²) in [7, 11) is 0. The molecule has 2 aliphatic rings. The van der Waals surface area contributed by atoms with Crippen LogP contribution < -0.4 is 10.6 Å². The van der Waals surface area contributed by atoms with Crippen molar-refractivity contribution >= 4 is 12.0 Å². The van der Waals surface area contributed by atoms with E-state index in [1.165, 1.54) is 68.2 Å². The lowest BCUT2D eigenvalue weighted by atomic mass is 9.85. The van der Waals surface area contributed by atoms with Crippen LogP contribution in [0.25, 0.3) is 0 Å². The summed E-state index contributed by atoms with van der Waals surface area (Å²) in [5.74, 6) is 1.39. The molecule has 4 nitrogen and oxygen atoms in total. The van der Waals surface area contributed by atoms with Crippen LogP contribution in [0.5, 0.6) is 0 Å². The Morgan fingerprint density at radius 1 is 1.15 bits per heavy atom. The van der Waals surface area contributed by atoms with Crippen molar-refractivity contribution in [1.29, 1.82) is 0 Å². The Hall–Kier alpha value is -1.65. The molecule has 4 heteroatoms. The molecule has 3 unspecified atom stereocenters. The maximum absolute atomic E-state index is 10.9. The molecule has 184 valence electrons. The summed E-state index contributed by atoms with van der Waals surface area (Å²) in [6, 6.07) is 9.63. The highest BCUT2D eigenvalue weighted by molar-refractivity contribution is 5.56. The van der Waals surface area contributed by atoms with Crippen molar-refractivity contribution in [2.24, 2.45) is 17.6 Å². The molecule has 0 spiro atoms. The van der Waals surface area contributed by atoms with E-state index in [-0.39, 0.29) is 6.04 Å². The Balaban J connectivity index is 1.58. The number of hydrogen-bond acceptors (Lipinski definition) is 4. The van der Waals surface area contributed by atoms with Crippen LogP contribution in [-0.4, -0.2) is 49.4 Å². The molecule has 1 heterocycles. The minimum absolute atomic E-state index is 0.329. The Kier molecular flexibility index (Phi) is 10.5. The number of hydrogen-bond donors (Lipinski definition) is 1. The van der Waals surface area contributed by atoms with Crippen molar-refractivity contribution in [2.75, 3.05) is 31.1 Å². The lowest BCUT2D eigenvalue weighted by Gasteiger charge is -2.31. The highest BCUT2D eigenvalue weighted by atomic mass is 16.1. The second-order valence-corrected chi connectivity index (χ2v) is 11.0. The molecular formula is C29H47N3O. The van der Waals surface area contributed by atoms with E-state index in [9.17, 15) is 4.79 Å². The largest absolute Gasteiger partial charge is 0.363 e. The highest BCUT2D eigenvalue weighted by Gasteiger charge is 2.28. The summed E-state index contributed by atoms with van der Waals surface area (Å²) >= 11 is 0. The van der Waals surface area contributed by atoms with Gasteiger partial charge in [0.1, 0.15) is 6.29 Å². The summed E-state index contributed by atoms with van der Waals surface area (Å²) in [4.78, 5) is 16.1. The fraction of sp³-hybridized carbons (Fsp3) is 0.690. The Bertz CT molecular complexity index is 734. The quantitative estimate of drug-likeness (QED) is 0.331. The molecule has 33 heavy (non-hydrogen) atoms. The number of allylic oxidation sites excluding steroid dienone is 1. The van der Waals surface area contributed by atoms with Gasteiger partial charge in [0.15, 0.2) is 0 Å². The number of benzene rings is 1. The van der Waals surface area contributed by atoms with E-state index in [2.05, 4.69) is 60.9 Å². The van der Waals surface area contributed by atoms with Crippen LogP contribution in [-0.2, 0) is 11.2 Å². The van der Waals surface area contributed by atoms with Gasteiger partial charge in [-0.3, -0.25) is 0 Å². The average molecular weight is 454 g/mol. The minimum atomic E-state index is -0.329. The first-order chi connectivity index (χ1) is 15.9. The van der Waals surface area contributed by atoms with E-state index >= 15 is 0 Å². The zero-order valence-corrected chi connectivity index (χ0v) is 21.3. The predicted molar refractivity (Wildman–Crippen MR) is 141 cm³/mol. The lowest BCUT2D eigenvalue weighted by Crippen LogP contribution is -2.39. The molecule has 1 aromatic rings. The number of carbonyl (C=O) groups excluding carboxylic acids is 1. The van der Waals surface area contributed by atoms with Crippen LogP contribution in [0.15, 0.2) is 35.9 Å². The molecule has 3 rings (SSSR count). The Morgan fingerprint density at radius 2 is 1.88 bits per heavy atom. The normalized spacial score (nSPS) is 21.5. The fourth-order valence-corrected chi connectivity index (χ4v) is 5.71. The van der Waals surface area contributed by atoms with Gasteiger partial charge in [0.25, 0.3) is 0 Å². The van der Waals surface area contributed by atoms with E-state index in [1.54, 1.807) is 0 Å². The SMILES string of the molecule is CC(C)=CCN(c1ccc(CCC2CCCCC2)cc1)C1CCN(CC(C)CC(N)C=O)C1. The predicted octanol–water partition coefficient (Wildman–Crippen LogP) is 5.60. The van der Waals surface area contributed by atoms with Crippen molar-refractivity contribution in [3.63, 3.8) is 0 Å². The number of nitrogens with two attached hydrogens (primary N) is 1. The summed E-state index contributed by atoms with van der Waals surface area (Å²) < 4.78 is 0. The van der Waals surface area contributed by atoms with Gasteiger partial charge in [-0.1, -0.05) is 62.8 Å². The van der Waals surface area contributed by atoms with Gasteiger partial charge in [-0.05, 0) is 69.1 Å². The second-order valence-electron chi connectivity index (χ2n) is 11.0. The summed E-state index contributed by atoms with van der Waals surface area (Å²) in [6.45, 7) is 10.8. The van der Waals surface area contributed by atoms with Gasteiger partial charge in [-0.2, -0.15) is 0 Å². The number of likely N-dealkylation sites (tertiary alicyclic amines) is 1. The molecule has 0 bridgehead atoms. The highest BCUT2D eigenvalue weighted by Crippen LogP contribution is 2.29. The number of anilines is 1. The van der Waals surface area contributed by atoms with E-state index in [4.69, 9.17) is 5.73 Å². The molecule has 1 aliphatic carbocycles. The molecular weight excluding hydrogens is 406 g/mol. The Labute approximate surface area is 202 Å². The molecule has 1 saturated carbocycles. The summed E-state index contributed by atoms with van der Waals surface area (Å²) in [6.07, 6.45) is 14.9. The smallest absolute Gasteiger partial charge is 0.136 e. The molecule has 1 saturated heterocycles. The zero-order valence-electron chi connectivity index (χ0n) is 21.3. The maximum atomic E-state index is 10.9. The van der Waals surface area contributed by atoms with Gasteiger partial charge in [0.05, 0.1) is 6.04 Å². The van der Waals surface area contributed by atoms with E-state index < -0.39 is 0 Å². The third-order valence-electron chi connectivity index (χ3n) is 7.64. The van der Waals surface area contributed by atoms with Crippen LogP contribution in [0, 0.1) is 11.8 Å². The van der Waals surface area contributed by atoms with Gasteiger partial charge >= 0.3 is 0 Å². The average Bonchev–Trinajstić information content (AvgIpc) is 3.26. The monoisotopic (exact) mass is 453 g/mol. The van der Waals surface area contributed by atoms with Crippen molar-refractivity contribution in [2.45, 2.75) is 90.6 Å². The van der Waals surface area contributed by atoms with Gasteiger partial charge < -0.3 is 20.3 Å². The minimum Gasteiger partial charge on any atom is -0.363 e. The third kappa shape index (κ3) is 8.57. The first-order valence-corrected chi connectivity index (χ1v) is 13.4. The van der Waals surface area contributed by atoms with Gasteiger partial charge in [-0.15, -0.1) is 0 Å².